The summed E-state index contributed by atoms with van der Waals surface area (Å²) in [6.07, 6.45) is 8.17. The molecular weight excluding hydrogens is 252 g/mol. The van der Waals surface area contributed by atoms with Crippen LogP contribution in [0.25, 0.3) is 0 Å². The van der Waals surface area contributed by atoms with Gasteiger partial charge in [0.15, 0.2) is 0 Å². The summed E-state index contributed by atoms with van der Waals surface area (Å²) in [4.78, 5) is 23.9. The second-order valence-electron chi connectivity index (χ2n) is 6.53. The monoisotopic (exact) mass is 280 g/mol. The Kier molecular flexibility index (Phi) is 5.58. The zero-order valence-corrected chi connectivity index (χ0v) is 12.8. The van der Waals surface area contributed by atoms with E-state index < -0.39 is 0 Å². The van der Waals surface area contributed by atoms with E-state index in [1.165, 1.54) is 12.8 Å². The van der Waals surface area contributed by atoms with Crippen molar-refractivity contribution in [1.82, 2.24) is 10.6 Å². The first-order valence-corrected chi connectivity index (χ1v) is 8.08. The predicted octanol–water partition coefficient (Wildman–Crippen LogP) is 2.03. The summed E-state index contributed by atoms with van der Waals surface area (Å²) in [5.74, 6) is 0.580. The third-order valence-corrected chi connectivity index (χ3v) is 5.05. The molecule has 0 heterocycles. The lowest BCUT2D eigenvalue weighted by atomic mass is 9.79. The summed E-state index contributed by atoms with van der Waals surface area (Å²) in [7, 11) is 1.99. The second-order valence-corrected chi connectivity index (χ2v) is 6.53. The van der Waals surface area contributed by atoms with Gasteiger partial charge >= 0.3 is 0 Å². The molecule has 1 amide bonds. The molecule has 4 atom stereocenters. The van der Waals surface area contributed by atoms with Crippen LogP contribution < -0.4 is 10.6 Å². The van der Waals surface area contributed by atoms with Crippen LogP contribution >= 0.6 is 0 Å². The Hall–Kier alpha value is -0.900. The van der Waals surface area contributed by atoms with E-state index in [1.807, 2.05) is 7.05 Å². The van der Waals surface area contributed by atoms with E-state index in [0.29, 0.717) is 12.1 Å². The van der Waals surface area contributed by atoms with Crippen molar-refractivity contribution in [1.29, 1.82) is 0 Å². The van der Waals surface area contributed by atoms with Crippen molar-refractivity contribution in [2.75, 3.05) is 7.05 Å². The van der Waals surface area contributed by atoms with Crippen molar-refractivity contribution in [3.63, 3.8) is 0 Å². The molecule has 0 saturated heterocycles. The summed E-state index contributed by atoms with van der Waals surface area (Å²) in [6, 6.07) is 0.844. The minimum Gasteiger partial charge on any atom is -0.353 e. The minimum atomic E-state index is 0.0487. The quantitative estimate of drug-likeness (QED) is 0.828. The smallest absolute Gasteiger partial charge is 0.223 e. The Labute approximate surface area is 122 Å². The van der Waals surface area contributed by atoms with Gasteiger partial charge in [0.2, 0.25) is 5.91 Å². The number of amides is 1. The van der Waals surface area contributed by atoms with Crippen LogP contribution in [0.3, 0.4) is 0 Å². The summed E-state index contributed by atoms with van der Waals surface area (Å²) in [6.45, 7) is 1.66. The largest absolute Gasteiger partial charge is 0.353 e. The third kappa shape index (κ3) is 4.05. The molecule has 114 valence electrons. The van der Waals surface area contributed by atoms with Crippen molar-refractivity contribution in [2.24, 2.45) is 11.8 Å². The molecule has 0 aromatic heterocycles. The third-order valence-electron chi connectivity index (χ3n) is 5.05. The van der Waals surface area contributed by atoms with Gasteiger partial charge in [-0.1, -0.05) is 6.42 Å². The van der Waals surface area contributed by atoms with Gasteiger partial charge in [0, 0.05) is 23.9 Å². The molecule has 4 heteroatoms. The molecule has 0 spiro atoms. The number of hydrogen-bond acceptors (Lipinski definition) is 3. The second kappa shape index (κ2) is 7.21. The topological polar surface area (TPSA) is 58.2 Å². The number of nitrogens with one attached hydrogen (secondary N) is 2. The van der Waals surface area contributed by atoms with Gasteiger partial charge in [0.05, 0.1) is 0 Å². The van der Waals surface area contributed by atoms with Crippen molar-refractivity contribution in [3.8, 4) is 0 Å². The zero-order valence-electron chi connectivity index (χ0n) is 12.8. The molecule has 2 fully saturated rings. The van der Waals surface area contributed by atoms with Crippen molar-refractivity contribution < 1.29 is 9.59 Å². The average Bonchev–Trinajstić information content (AvgIpc) is 2.47. The zero-order chi connectivity index (χ0) is 14.5. The molecule has 0 bridgehead atoms. The number of carbonyl (C=O) groups excluding carboxylic acids is 2. The number of rotatable bonds is 4. The van der Waals surface area contributed by atoms with Gasteiger partial charge in [-0.15, -0.1) is 0 Å². The summed E-state index contributed by atoms with van der Waals surface area (Å²) < 4.78 is 0. The molecule has 0 radical (unpaired) electrons. The first-order valence-electron chi connectivity index (χ1n) is 8.08. The fraction of sp³-hybridized carbons (Fsp3) is 0.875. The van der Waals surface area contributed by atoms with Crippen LogP contribution in [-0.4, -0.2) is 30.8 Å². The van der Waals surface area contributed by atoms with Crippen LogP contribution in [-0.2, 0) is 9.59 Å². The lowest BCUT2D eigenvalue weighted by molar-refractivity contribution is -0.129. The molecule has 2 rings (SSSR count). The minimum absolute atomic E-state index is 0.0487. The van der Waals surface area contributed by atoms with Crippen LogP contribution in [0.4, 0.5) is 0 Å². The highest BCUT2D eigenvalue weighted by Gasteiger charge is 2.31. The van der Waals surface area contributed by atoms with E-state index in [1.54, 1.807) is 6.92 Å². The standard InChI is InChI=1S/C16H28N2O2/c1-11(19)12-5-3-6-13(9-12)16(20)18-15-8-4-7-14(10-15)17-2/h12-15,17H,3-10H2,1-2H3,(H,18,20). The van der Waals surface area contributed by atoms with E-state index >= 15 is 0 Å². The van der Waals surface area contributed by atoms with Crippen molar-refractivity contribution in [2.45, 2.75) is 70.4 Å². The maximum atomic E-state index is 12.4. The lowest BCUT2D eigenvalue weighted by Gasteiger charge is -2.32. The number of ketones is 1. The Morgan fingerprint density at radius 3 is 2.25 bits per heavy atom. The average molecular weight is 280 g/mol. The molecule has 20 heavy (non-hydrogen) atoms. The lowest BCUT2D eigenvalue weighted by Crippen LogP contribution is -2.46. The molecule has 4 unspecified atom stereocenters. The van der Waals surface area contributed by atoms with Gasteiger partial charge < -0.3 is 10.6 Å². The molecular formula is C16H28N2O2. The van der Waals surface area contributed by atoms with Crippen molar-refractivity contribution in [3.05, 3.63) is 0 Å². The van der Waals surface area contributed by atoms with Crippen LogP contribution in [0.2, 0.25) is 0 Å². The highest BCUT2D eigenvalue weighted by Crippen LogP contribution is 2.30. The summed E-state index contributed by atoms with van der Waals surface area (Å²) in [5, 5.41) is 6.53. The van der Waals surface area contributed by atoms with E-state index in [-0.39, 0.29) is 23.5 Å². The Morgan fingerprint density at radius 1 is 0.900 bits per heavy atom. The molecule has 2 saturated carbocycles. The van der Waals surface area contributed by atoms with Gasteiger partial charge in [-0.3, -0.25) is 9.59 Å². The first kappa shape index (κ1) is 15.5. The van der Waals surface area contributed by atoms with E-state index in [9.17, 15) is 9.59 Å². The van der Waals surface area contributed by atoms with E-state index in [2.05, 4.69) is 10.6 Å². The molecule has 0 aliphatic heterocycles. The Bertz CT molecular complexity index is 356. The molecule has 0 aromatic carbocycles. The Morgan fingerprint density at radius 2 is 1.55 bits per heavy atom. The van der Waals surface area contributed by atoms with Gasteiger partial charge in [-0.25, -0.2) is 0 Å². The van der Waals surface area contributed by atoms with E-state index in [0.717, 1.165) is 38.5 Å². The fourth-order valence-corrected chi connectivity index (χ4v) is 3.70. The van der Waals surface area contributed by atoms with Gasteiger partial charge in [0.1, 0.15) is 5.78 Å². The van der Waals surface area contributed by atoms with E-state index in [4.69, 9.17) is 0 Å². The summed E-state index contributed by atoms with van der Waals surface area (Å²) in [5.41, 5.74) is 0. The molecule has 4 nitrogen and oxygen atoms in total. The normalized spacial score (nSPS) is 34.5. The van der Waals surface area contributed by atoms with Crippen molar-refractivity contribution >= 4 is 11.7 Å². The fourth-order valence-electron chi connectivity index (χ4n) is 3.70. The molecule has 2 N–H and O–H groups in total. The number of carbonyl (C=O) groups is 2. The maximum absolute atomic E-state index is 12.4. The van der Waals surface area contributed by atoms with Gasteiger partial charge in [0.25, 0.3) is 0 Å². The highest BCUT2D eigenvalue weighted by atomic mass is 16.2. The molecule has 0 aromatic rings. The van der Waals surface area contributed by atoms with Crippen LogP contribution in [0.5, 0.6) is 0 Å². The van der Waals surface area contributed by atoms with Crippen LogP contribution in [0.15, 0.2) is 0 Å². The Balaban J connectivity index is 1.83. The van der Waals surface area contributed by atoms with Crippen LogP contribution in [0, 0.1) is 11.8 Å². The predicted molar refractivity (Wildman–Crippen MR) is 79.4 cm³/mol. The number of Topliss-reactive ketones (excluding diaryl/α,β-unsaturated/α-hetero) is 1. The molecule has 2 aliphatic carbocycles. The van der Waals surface area contributed by atoms with Gasteiger partial charge in [-0.2, -0.15) is 0 Å². The van der Waals surface area contributed by atoms with Crippen LogP contribution in [0.1, 0.15) is 58.3 Å². The highest BCUT2D eigenvalue weighted by molar-refractivity contribution is 5.82. The first-order chi connectivity index (χ1) is 9.60. The summed E-state index contributed by atoms with van der Waals surface area (Å²) >= 11 is 0. The molecule has 2 aliphatic rings. The maximum Gasteiger partial charge on any atom is 0.223 e. The number of hydrogen-bond donors (Lipinski definition) is 2. The SMILES string of the molecule is CNC1CCCC(NC(=O)C2CCCC(C(C)=O)C2)C1. The van der Waals surface area contributed by atoms with Gasteiger partial charge in [-0.05, 0) is 58.9 Å².